The summed E-state index contributed by atoms with van der Waals surface area (Å²) in [5.41, 5.74) is 1.22. The molecule has 1 unspecified atom stereocenters. The molecule has 160 valence electrons. The van der Waals surface area contributed by atoms with Crippen molar-refractivity contribution in [3.8, 4) is 0 Å². The lowest BCUT2D eigenvalue weighted by Crippen LogP contribution is -2.38. The second kappa shape index (κ2) is 17.0. The summed E-state index contributed by atoms with van der Waals surface area (Å²) in [6, 6.07) is 10.3. The fourth-order valence-corrected chi connectivity index (χ4v) is 2.79. The summed E-state index contributed by atoms with van der Waals surface area (Å²) in [7, 11) is 0. The maximum Gasteiger partial charge on any atom is 0.191 e. The molecule has 7 heteroatoms. The second-order valence-corrected chi connectivity index (χ2v) is 6.64. The molecule has 1 aromatic carbocycles. The number of aliphatic imine (C=N–C) groups is 1. The van der Waals surface area contributed by atoms with Crippen LogP contribution in [0.2, 0.25) is 0 Å². The van der Waals surface area contributed by atoms with Crippen LogP contribution in [0.5, 0.6) is 0 Å². The molecule has 1 aliphatic heterocycles. The Balaban J connectivity index is 0.00000392. The topological polar surface area (TPSA) is 64.1 Å². The van der Waals surface area contributed by atoms with Gasteiger partial charge in [0.25, 0.3) is 0 Å². The van der Waals surface area contributed by atoms with E-state index in [1.165, 1.54) is 5.56 Å². The molecule has 0 aromatic heterocycles. The van der Waals surface area contributed by atoms with Gasteiger partial charge in [0.05, 0.1) is 19.3 Å². The summed E-state index contributed by atoms with van der Waals surface area (Å²) in [6.07, 6.45) is 4.33. The van der Waals surface area contributed by atoms with Gasteiger partial charge in [-0.3, -0.25) is 4.99 Å². The molecule has 2 N–H and O–H groups in total. The number of hydrogen-bond donors (Lipinski definition) is 2. The molecule has 1 fully saturated rings. The normalized spacial score (nSPS) is 16.6. The molecule has 1 heterocycles. The first-order chi connectivity index (χ1) is 13.4. The molecular weight excluding hydrogens is 469 g/mol. The maximum atomic E-state index is 5.76. The zero-order valence-electron chi connectivity index (χ0n) is 17.0. The fraction of sp³-hybridized carbons (Fsp3) is 0.667. The first-order valence-electron chi connectivity index (χ1n) is 10.2. The molecule has 28 heavy (non-hydrogen) atoms. The van der Waals surface area contributed by atoms with E-state index < -0.39 is 0 Å². The summed E-state index contributed by atoms with van der Waals surface area (Å²) in [4.78, 5) is 4.60. The van der Waals surface area contributed by atoms with Gasteiger partial charge in [-0.2, -0.15) is 0 Å². The first-order valence-corrected chi connectivity index (χ1v) is 10.2. The van der Waals surface area contributed by atoms with Crippen LogP contribution in [0.15, 0.2) is 35.3 Å². The van der Waals surface area contributed by atoms with E-state index in [2.05, 4.69) is 34.7 Å². The van der Waals surface area contributed by atoms with E-state index in [0.29, 0.717) is 6.61 Å². The molecule has 0 amide bonds. The smallest absolute Gasteiger partial charge is 0.191 e. The number of ether oxygens (including phenoxy) is 3. The van der Waals surface area contributed by atoms with Crippen molar-refractivity contribution >= 4 is 29.9 Å². The standard InChI is InChI=1S/C21H35N3O3.HI/c1-2-22-21(24-13-8-15-27-20-11-16-26-18-20)23-12-6-7-14-25-17-19-9-4-3-5-10-19;/h3-5,9-10,20H,2,6-8,11-18H2,1H3,(H2,22,23,24);1H. The van der Waals surface area contributed by atoms with E-state index in [0.717, 1.165) is 77.7 Å². The maximum absolute atomic E-state index is 5.76. The Labute approximate surface area is 186 Å². The molecule has 1 saturated heterocycles. The molecule has 0 aliphatic carbocycles. The molecule has 1 aromatic rings. The average molecular weight is 505 g/mol. The number of guanidine groups is 1. The van der Waals surface area contributed by atoms with Crippen LogP contribution in [0.4, 0.5) is 0 Å². The highest BCUT2D eigenvalue weighted by Gasteiger charge is 2.15. The summed E-state index contributed by atoms with van der Waals surface area (Å²) >= 11 is 0. The van der Waals surface area contributed by atoms with Crippen LogP contribution in [-0.2, 0) is 20.8 Å². The average Bonchev–Trinajstić information content (AvgIpc) is 3.21. The molecule has 0 bridgehead atoms. The molecule has 1 aliphatic rings. The summed E-state index contributed by atoms with van der Waals surface area (Å²) in [5, 5.41) is 6.67. The van der Waals surface area contributed by atoms with E-state index in [1.807, 2.05) is 18.2 Å². The Bertz CT molecular complexity index is 511. The van der Waals surface area contributed by atoms with E-state index in [9.17, 15) is 0 Å². The van der Waals surface area contributed by atoms with Gasteiger partial charge in [0.15, 0.2) is 5.96 Å². The molecule has 6 nitrogen and oxygen atoms in total. The van der Waals surface area contributed by atoms with Crippen molar-refractivity contribution in [1.29, 1.82) is 0 Å². The van der Waals surface area contributed by atoms with Crippen LogP contribution in [-0.4, -0.2) is 58.1 Å². The number of rotatable bonds is 13. The Morgan fingerprint density at radius 3 is 2.75 bits per heavy atom. The van der Waals surface area contributed by atoms with Gasteiger partial charge in [-0.05, 0) is 38.2 Å². The van der Waals surface area contributed by atoms with E-state index in [4.69, 9.17) is 14.2 Å². The predicted octanol–water partition coefficient (Wildman–Crippen LogP) is 3.35. The molecule has 0 radical (unpaired) electrons. The molecule has 0 saturated carbocycles. The van der Waals surface area contributed by atoms with Gasteiger partial charge in [-0.15, -0.1) is 24.0 Å². The van der Waals surface area contributed by atoms with Gasteiger partial charge >= 0.3 is 0 Å². The van der Waals surface area contributed by atoms with Crippen molar-refractivity contribution in [3.05, 3.63) is 35.9 Å². The van der Waals surface area contributed by atoms with Crippen molar-refractivity contribution in [2.75, 3.05) is 46.1 Å². The van der Waals surface area contributed by atoms with E-state index in [1.54, 1.807) is 0 Å². The lowest BCUT2D eigenvalue weighted by atomic mass is 10.2. The van der Waals surface area contributed by atoms with Crippen LogP contribution in [0.1, 0.15) is 38.2 Å². The SMILES string of the molecule is CCNC(=NCCCOC1CCOC1)NCCCCOCc1ccccc1.I. The Morgan fingerprint density at radius 1 is 1.14 bits per heavy atom. The van der Waals surface area contributed by atoms with Crippen LogP contribution in [0.3, 0.4) is 0 Å². The fourth-order valence-electron chi connectivity index (χ4n) is 2.79. The van der Waals surface area contributed by atoms with Gasteiger partial charge < -0.3 is 24.8 Å². The zero-order chi connectivity index (χ0) is 19.0. The van der Waals surface area contributed by atoms with Crippen LogP contribution in [0, 0.1) is 0 Å². The minimum absolute atomic E-state index is 0. The van der Waals surface area contributed by atoms with Crippen molar-refractivity contribution in [1.82, 2.24) is 10.6 Å². The van der Waals surface area contributed by atoms with E-state index in [-0.39, 0.29) is 30.1 Å². The summed E-state index contributed by atoms with van der Waals surface area (Å²) in [5.74, 6) is 0.881. The monoisotopic (exact) mass is 505 g/mol. The number of benzene rings is 1. The summed E-state index contributed by atoms with van der Waals surface area (Å²) < 4.78 is 16.8. The minimum Gasteiger partial charge on any atom is -0.379 e. The summed E-state index contributed by atoms with van der Waals surface area (Å²) in [6.45, 7) is 8.39. The number of unbranched alkanes of at least 4 members (excludes halogenated alkanes) is 1. The molecule has 2 rings (SSSR count). The Hall–Kier alpha value is -0.900. The number of nitrogens with one attached hydrogen (secondary N) is 2. The molecular formula is C21H36IN3O3. The molecule has 1 atom stereocenters. The van der Waals surface area contributed by atoms with Gasteiger partial charge in [0, 0.05) is 39.5 Å². The quantitative estimate of drug-likeness (QED) is 0.186. The molecule has 0 spiro atoms. The highest BCUT2D eigenvalue weighted by molar-refractivity contribution is 14.0. The number of halogens is 1. The van der Waals surface area contributed by atoms with Crippen molar-refractivity contribution in [2.45, 2.75) is 45.3 Å². The Morgan fingerprint density at radius 2 is 2.00 bits per heavy atom. The Kier molecular flexibility index (Phi) is 15.3. The van der Waals surface area contributed by atoms with Gasteiger partial charge in [-0.25, -0.2) is 0 Å². The third kappa shape index (κ3) is 11.8. The lowest BCUT2D eigenvalue weighted by molar-refractivity contribution is 0.0424. The lowest BCUT2D eigenvalue weighted by Gasteiger charge is -2.12. The van der Waals surface area contributed by atoms with Gasteiger partial charge in [0.2, 0.25) is 0 Å². The number of nitrogens with zero attached hydrogens (tertiary/aromatic N) is 1. The van der Waals surface area contributed by atoms with Gasteiger partial charge in [0.1, 0.15) is 0 Å². The third-order valence-electron chi connectivity index (χ3n) is 4.28. The highest BCUT2D eigenvalue weighted by atomic mass is 127. The minimum atomic E-state index is 0. The van der Waals surface area contributed by atoms with Gasteiger partial charge in [-0.1, -0.05) is 30.3 Å². The second-order valence-electron chi connectivity index (χ2n) is 6.64. The van der Waals surface area contributed by atoms with Crippen molar-refractivity contribution in [3.63, 3.8) is 0 Å². The largest absolute Gasteiger partial charge is 0.379 e. The third-order valence-corrected chi connectivity index (χ3v) is 4.28. The van der Waals surface area contributed by atoms with Crippen LogP contribution in [0.25, 0.3) is 0 Å². The van der Waals surface area contributed by atoms with Crippen LogP contribution >= 0.6 is 24.0 Å². The number of hydrogen-bond acceptors (Lipinski definition) is 4. The van der Waals surface area contributed by atoms with Crippen molar-refractivity contribution < 1.29 is 14.2 Å². The highest BCUT2D eigenvalue weighted by Crippen LogP contribution is 2.08. The predicted molar refractivity (Wildman–Crippen MR) is 125 cm³/mol. The van der Waals surface area contributed by atoms with Crippen molar-refractivity contribution in [2.24, 2.45) is 4.99 Å². The van der Waals surface area contributed by atoms with Crippen LogP contribution < -0.4 is 10.6 Å². The van der Waals surface area contributed by atoms with E-state index >= 15 is 0 Å². The first kappa shape index (κ1) is 25.1. The zero-order valence-corrected chi connectivity index (χ0v) is 19.4.